The number of rotatable bonds is 4. The van der Waals surface area contributed by atoms with Crippen LogP contribution in [0.3, 0.4) is 0 Å². The molecule has 0 atom stereocenters. The van der Waals surface area contributed by atoms with E-state index in [-0.39, 0.29) is 0 Å². The minimum Gasteiger partial charge on any atom is -0.436 e. The summed E-state index contributed by atoms with van der Waals surface area (Å²) in [5, 5.41) is 5.80. The van der Waals surface area contributed by atoms with Gasteiger partial charge in [-0.2, -0.15) is 0 Å². The zero-order chi connectivity index (χ0) is 34.2. The summed E-state index contributed by atoms with van der Waals surface area (Å²) in [6.45, 7) is 0. The van der Waals surface area contributed by atoms with Gasteiger partial charge in [0.1, 0.15) is 11.1 Å². The average molecular weight is 664 g/mol. The first kappa shape index (κ1) is 28.8. The van der Waals surface area contributed by atoms with Crippen molar-refractivity contribution in [1.82, 2.24) is 14.5 Å². The molecule has 3 aromatic heterocycles. The van der Waals surface area contributed by atoms with E-state index < -0.39 is 0 Å². The highest BCUT2D eigenvalue weighted by molar-refractivity contribution is 6.17. The molecule has 0 radical (unpaired) electrons. The number of nitrogens with zero attached hydrogens (tertiary/aromatic N) is 3. The molecule has 0 amide bonds. The van der Waals surface area contributed by atoms with E-state index in [1.54, 1.807) is 0 Å². The third-order valence-corrected chi connectivity index (χ3v) is 10.4. The molecule has 0 saturated carbocycles. The van der Waals surface area contributed by atoms with Crippen LogP contribution in [0.5, 0.6) is 0 Å². The molecule has 0 fully saturated rings. The number of hydrogen-bond donors (Lipinski definition) is 0. The second-order valence-electron chi connectivity index (χ2n) is 13.4. The van der Waals surface area contributed by atoms with Crippen molar-refractivity contribution >= 4 is 65.8 Å². The summed E-state index contributed by atoms with van der Waals surface area (Å²) in [5.74, 6) is 0. The third-order valence-electron chi connectivity index (χ3n) is 10.4. The van der Waals surface area contributed by atoms with Gasteiger partial charge in [-0.3, -0.25) is 0 Å². The van der Waals surface area contributed by atoms with Crippen molar-refractivity contribution in [3.63, 3.8) is 0 Å². The summed E-state index contributed by atoms with van der Waals surface area (Å²) in [5.41, 5.74) is 14.3. The maximum absolute atomic E-state index is 6.23. The summed E-state index contributed by atoms with van der Waals surface area (Å²) >= 11 is 0. The Morgan fingerprint density at radius 3 is 1.83 bits per heavy atom. The van der Waals surface area contributed by atoms with Crippen LogP contribution in [0.25, 0.3) is 105 Å². The molecular formula is C48H29N3O. The second kappa shape index (κ2) is 11.2. The van der Waals surface area contributed by atoms with Gasteiger partial charge in [0.2, 0.25) is 5.71 Å². The summed E-state index contributed by atoms with van der Waals surface area (Å²) in [6.07, 6.45) is 0. The monoisotopic (exact) mass is 663 g/mol. The number of aromatic nitrogens is 3. The average Bonchev–Trinajstić information content (AvgIpc) is 3.75. The first-order valence-corrected chi connectivity index (χ1v) is 17.6. The van der Waals surface area contributed by atoms with Crippen LogP contribution in [-0.2, 0) is 0 Å². The van der Waals surface area contributed by atoms with Crippen LogP contribution in [0.1, 0.15) is 0 Å². The van der Waals surface area contributed by atoms with Crippen molar-refractivity contribution in [3.05, 3.63) is 176 Å². The summed E-state index contributed by atoms with van der Waals surface area (Å²) in [6, 6.07) is 62.5. The lowest BCUT2D eigenvalue weighted by atomic mass is 9.95. The van der Waals surface area contributed by atoms with Crippen molar-refractivity contribution in [1.29, 1.82) is 0 Å². The van der Waals surface area contributed by atoms with E-state index in [0.717, 1.165) is 55.0 Å². The van der Waals surface area contributed by atoms with Crippen LogP contribution in [0.4, 0.5) is 0 Å². The molecule has 4 heteroatoms. The van der Waals surface area contributed by atoms with Gasteiger partial charge in [-0.15, -0.1) is 0 Å². The van der Waals surface area contributed by atoms with Crippen LogP contribution < -0.4 is 0 Å². The second-order valence-corrected chi connectivity index (χ2v) is 13.4. The van der Waals surface area contributed by atoms with Crippen LogP contribution in [0, 0.1) is 0 Å². The van der Waals surface area contributed by atoms with Crippen molar-refractivity contribution in [2.24, 2.45) is 0 Å². The van der Waals surface area contributed by atoms with E-state index in [0.29, 0.717) is 5.71 Å². The van der Waals surface area contributed by atoms with Crippen LogP contribution >= 0.6 is 0 Å². The molecule has 3 heterocycles. The molecule has 0 aliphatic carbocycles. The van der Waals surface area contributed by atoms with Crippen molar-refractivity contribution in [2.45, 2.75) is 0 Å². The molecule has 242 valence electrons. The maximum atomic E-state index is 6.23. The number of furan rings is 1. The maximum Gasteiger partial charge on any atom is 0.246 e. The minimum absolute atomic E-state index is 0.560. The quantitative estimate of drug-likeness (QED) is 0.188. The van der Waals surface area contributed by atoms with Crippen LogP contribution in [-0.4, -0.2) is 14.5 Å². The van der Waals surface area contributed by atoms with E-state index in [2.05, 4.69) is 174 Å². The standard InChI is InChI=1S/C48H29N3O/c1-2-15-37(16-3-1)51-43-19-7-6-18-39(43)40-28-35(21-24-44(40)51)33-13-8-11-31(26-33)32-12-9-14-34(27-32)36-20-23-41-42(29-36)50-48-47(49-41)46-38-17-5-4-10-30(38)22-25-45(46)52-48/h1-29H. The first-order valence-electron chi connectivity index (χ1n) is 17.6. The normalized spacial score (nSPS) is 11.8. The zero-order valence-electron chi connectivity index (χ0n) is 28.0. The van der Waals surface area contributed by atoms with Crippen molar-refractivity contribution in [2.75, 3.05) is 0 Å². The zero-order valence-corrected chi connectivity index (χ0v) is 28.0. The fraction of sp³-hybridized carbons (Fsp3) is 0. The number of benzene rings is 8. The summed E-state index contributed by atoms with van der Waals surface area (Å²) in [7, 11) is 0. The molecule has 0 unspecified atom stereocenters. The van der Waals surface area contributed by atoms with Gasteiger partial charge in [0.15, 0.2) is 0 Å². The van der Waals surface area contributed by atoms with Gasteiger partial charge >= 0.3 is 0 Å². The number of para-hydroxylation sites is 2. The molecule has 11 rings (SSSR count). The van der Waals surface area contributed by atoms with Gasteiger partial charge < -0.3 is 8.98 Å². The van der Waals surface area contributed by atoms with Gasteiger partial charge in [-0.1, -0.05) is 115 Å². The molecule has 0 saturated heterocycles. The molecule has 4 nitrogen and oxygen atoms in total. The Morgan fingerprint density at radius 2 is 1.04 bits per heavy atom. The van der Waals surface area contributed by atoms with Gasteiger partial charge in [0.05, 0.1) is 27.5 Å². The van der Waals surface area contributed by atoms with Crippen LogP contribution in [0.2, 0.25) is 0 Å². The molecule has 0 N–H and O–H groups in total. The molecular weight excluding hydrogens is 635 g/mol. The van der Waals surface area contributed by atoms with E-state index >= 15 is 0 Å². The summed E-state index contributed by atoms with van der Waals surface area (Å²) in [4.78, 5) is 10.0. The molecule has 0 bridgehead atoms. The Balaban J connectivity index is 0.968. The largest absolute Gasteiger partial charge is 0.436 e. The number of fused-ring (bicyclic) bond motifs is 9. The van der Waals surface area contributed by atoms with Crippen molar-refractivity contribution < 1.29 is 4.42 Å². The third kappa shape index (κ3) is 4.48. The Bertz CT molecular complexity index is 3190. The van der Waals surface area contributed by atoms with Gasteiger partial charge in [0, 0.05) is 16.5 Å². The highest BCUT2D eigenvalue weighted by Crippen LogP contribution is 2.37. The molecule has 0 spiro atoms. The molecule has 0 aliphatic heterocycles. The minimum atomic E-state index is 0.560. The Morgan fingerprint density at radius 1 is 0.404 bits per heavy atom. The smallest absolute Gasteiger partial charge is 0.246 e. The Labute approximate surface area is 298 Å². The fourth-order valence-electron chi connectivity index (χ4n) is 7.90. The fourth-order valence-corrected chi connectivity index (χ4v) is 7.90. The van der Waals surface area contributed by atoms with E-state index in [4.69, 9.17) is 14.4 Å². The SMILES string of the molecule is c1ccc(-n2c3ccccc3c3cc(-c4cccc(-c5cccc(-c6ccc7nc8c(nc7c6)oc6ccc7ccccc7c68)c5)c4)ccc32)cc1. The van der Waals surface area contributed by atoms with E-state index in [1.807, 2.05) is 6.07 Å². The molecule has 52 heavy (non-hydrogen) atoms. The number of hydrogen-bond acceptors (Lipinski definition) is 3. The Hall–Kier alpha value is -7.04. The van der Waals surface area contributed by atoms with Gasteiger partial charge in [-0.25, -0.2) is 9.97 Å². The Kier molecular flexibility index (Phi) is 6.22. The molecule has 0 aliphatic rings. The van der Waals surface area contributed by atoms with E-state index in [9.17, 15) is 0 Å². The van der Waals surface area contributed by atoms with Crippen LogP contribution in [0.15, 0.2) is 180 Å². The predicted molar refractivity (Wildman–Crippen MR) is 215 cm³/mol. The lowest BCUT2D eigenvalue weighted by Gasteiger charge is -2.10. The summed E-state index contributed by atoms with van der Waals surface area (Å²) < 4.78 is 8.59. The molecule has 11 aromatic rings. The van der Waals surface area contributed by atoms with Gasteiger partial charge in [-0.05, 0) is 105 Å². The highest BCUT2D eigenvalue weighted by atomic mass is 16.3. The lowest BCUT2D eigenvalue weighted by Crippen LogP contribution is -1.92. The molecule has 8 aromatic carbocycles. The topological polar surface area (TPSA) is 43.9 Å². The highest BCUT2D eigenvalue weighted by Gasteiger charge is 2.16. The van der Waals surface area contributed by atoms with Gasteiger partial charge in [0.25, 0.3) is 0 Å². The lowest BCUT2D eigenvalue weighted by molar-refractivity contribution is 0.655. The van der Waals surface area contributed by atoms with Crippen molar-refractivity contribution in [3.8, 4) is 39.1 Å². The van der Waals surface area contributed by atoms with E-state index in [1.165, 1.54) is 44.2 Å². The predicted octanol–water partition coefficient (Wildman–Crippen LogP) is 12.8. The first-order chi connectivity index (χ1) is 25.7.